The van der Waals surface area contributed by atoms with Gasteiger partial charge in [0.2, 0.25) is 15.9 Å². The van der Waals surface area contributed by atoms with Crippen molar-refractivity contribution in [2.45, 2.75) is 16.7 Å². The van der Waals surface area contributed by atoms with Crippen LogP contribution < -0.4 is 9.62 Å². The quantitative estimate of drug-likeness (QED) is 0.863. The number of carbonyl (C=O) groups is 1. The lowest BCUT2D eigenvalue weighted by Gasteiger charge is -2.28. The summed E-state index contributed by atoms with van der Waals surface area (Å²) in [6, 6.07) is 4.95. The molecule has 1 N–H and O–H groups in total. The number of nitrogens with one attached hydrogen (secondary N) is 1. The van der Waals surface area contributed by atoms with Crippen LogP contribution in [0.1, 0.15) is 6.92 Å². The topological polar surface area (TPSA) is 69.7 Å². The summed E-state index contributed by atoms with van der Waals surface area (Å²) in [5, 5.41) is 0. The third kappa shape index (κ3) is 4.01. The Kier molecular flexibility index (Phi) is 5.49. The van der Waals surface area contributed by atoms with Crippen molar-refractivity contribution in [3.8, 4) is 0 Å². The van der Waals surface area contributed by atoms with Gasteiger partial charge in [-0.2, -0.15) is 0 Å². The number of likely N-dealkylation sites (N-methyl/N-ethyl adjacent to an activating group) is 1. The fourth-order valence-electron chi connectivity index (χ4n) is 2.18. The number of rotatable bonds is 5. The molecule has 0 radical (unpaired) electrons. The smallest absolute Gasteiger partial charge is 0.240 e. The molecule has 1 amide bonds. The van der Waals surface area contributed by atoms with Gasteiger partial charge >= 0.3 is 0 Å². The molecule has 1 aliphatic rings. The fraction of sp³-hybridized carbons (Fsp3) is 0.500. The third-order valence-electron chi connectivity index (χ3n) is 3.34. The maximum absolute atomic E-state index is 12.3. The molecular formula is C14H21N3O3S2. The van der Waals surface area contributed by atoms with E-state index >= 15 is 0 Å². The highest BCUT2D eigenvalue weighted by atomic mass is 32.2. The minimum Gasteiger partial charge on any atom is -0.311 e. The molecule has 0 bridgehead atoms. The third-order valence-corrected chi connectivity index (χ3v) is 5.84. The Morgan fingerprint density at radius 1 is 1.41 bits per heavy atom. The molecule has 0 atom stereocenters. The van der Waals surface area contributed by atoms with E-state index in [9.17, 15) is 13.2 Å². The van der Waals surface area contributed by atoms with Crippen molar-refractivity contribution in [2.24, 2.45) is 0 Å². The van der Waals surface area contributed by atoms with Gasteiger partial charge in [-0.05, 0) is 32.3 Å². The highest BCUT2D eigenvalue weighted by molar-refractivity contribution is 7.99. The highest BCUT2D eigenvalue weighted by Crippen LogP contribution is 2.36. The van der Waals surface area contributed by atoms with Crippen molar-refractivity contribution < 1.29 is 13.2 Å². The van der Waals surface area contributed by atoms with E-state index in [1.165, 1.54) is 6.92 Å². The van der Waals surface area contributed by atoms with Crippen LogP contribution in [-0.4, -0.2) is 58.7 Å². The number of thioether (sulfide) groups is 1. The van der Waals surface area contributed by atoms with Crippen molar-refractivity contribution in [3.63, 3.8) is 0 Å². The second kappa shape index (κ2) is 6.99. The van der Waals surface area contributed by atoms with Crippen molar-refractivity contribution in [2.75, 3.05) is 44.4 Å². The van der Waals surface area contributed by atoms with E-state index in [-0.39, 0.29) is 10.8 Å². The van der Waals surface area contributed by atoms with E-state index in [1.54, 1.807) is 34.9 Å². The van der Waals surface area contributed by atoms with E-state index in [4.69, 9.17) is 0 Å². The number of nitrogens with zero attached hydrogens (tertiary/aromatic N) is 2. The summed E-state index contributed by atoms with van der Waals surface area (Å²) in [6.45, 7) is 3.07. The van der Waals surface area contributed by atoms with E-state index in [0.717, 1.165) is 10.6 Å². The molecule has 1 heterocycles. The molecule has 0 saturated heterocycles. The normalized spacial score (nSPS) is 15.0. The second-order valence-corrected chi connectivity index (χ2v) is 8.25. The lowest BCUT2D eigenvalue weighted by molar-refractivity contribution is -0.116. The summed E-state index contributed by atoms with van der Waals surface area (Å²) in [5.41, 5.74) is 0.680. The van der Waals surface area contributed by atoms with Gasteiger partial charge in [-0.3, -0.25) is 4.79 Å². The summed E-state index contributed by atoms with van der Waals surface area (Å²) >= 11 is 1.64. The lowest BCUT2D eigenvalue weighted by Crippen LogP contribution is -2.34. The summed E-state index contributed by atoms with van der Waals surface area (Å²) in [7, 11) is 0.206. The Morgan fingerprint density at radius 3 is 2.77 bits per heavy atom. The number of hydrogen-bond donors (Lipinski definition) is 1. The predicted molar refractivity (Wildman–Crippen MR) is 88.9 cm³/mol. The van der Waals surface area contributed by atoms with Crippen molar-refractivity contribution in [3.05, 3.63) is 18.2 Å². The molecule has 1 aliphatic heterocycles. The molecule has 1 aromatic rings. The van der Waals surface area contributed by atoms with Gasteiger partial charge in [0.15, 0.2) is 0 Å². The standard InChI is InChI=1S/C14H21N3O3S2/c1-11(18)17-8-9-21-14-5-4-12(10-13(14)17)22(19,20)15-6-7-16(2)3/h4-5,10,15H,6-9H2,1-3H3. The van der Waals surface area contributed by atoms with Gasteiger partial charge in [0, 0.05) is 37.2 Å². The maximum atomic E-state index is 12.3. The molecule has 0 aliphatic carbocycles. The maximum Gasteiger partial charge on any atom is 0.240 e. The van der Waals surface area contributed by atoms with Gasteiger partial charge in [0.1, 0.15) is 0 Å². The summed E-state index contributed by atoms with van der Waals surface area (Å²) in [5.74, 6) is 0.747. The Hall–Kier alpha value is -1.09. The van der Waals surface area contributed by atoms with Crippen LogP contribution in [0.4, 0.5) is 5.69 Å². The molecule has 2 rings (SSSR count). The van der Waals surface area contributed by atoms with Crippen LogP contribution in [-0.2, 0) is 14.8 Å². The monoisotopic (exact) mass is 343 g/mol. The first-order valence-electron chi connectivity index (χ1n) is 7.00. The molecule has 1 aromatic carbocycles. The molecular weight excluding hydrogens is 322 g/mol. The van der Waals surface area contributed by atoms with E-state index in [2.05, 4.69) is 4.72 Å². The molecule has 122 valence electrons. The molecule has 22 heavy (non-hydrogen) atoms. The average molecular weight is 343 g/mol. The number of benzene rings is 1. The van der Waals surface area contributed by atoms with Crippen LogP contribution >= 0.6 is 11.8 Å². The minimum atomic E-state index is -3.56. The Morgan fingerprint density at radius 2 is 2.14 bits per heavy atom. The predicted octanol–water partition coefficient (Wildman–Crippen LogP) is 0.985. The first kappa shape index (κ1) is 17.3. The molecule has 0 aromatic heterocycles. The number of amides is 1. The van der Waals surface area contributed by atoms with E-state index in [1.807, 2.05) is 19.0 Å². The zero-order valence-corrected chi connectivity index (χ0v) is 14.6. The Bertz CT molecular complexity index is 659. The van der Waals surface area contributed by atoms with Crippen LogP contribution in [0.3, 0.4) is 0 Å². The largest absolute Gasteiger partial charge is 0.311 e. The van der Waals surface area contributed by atoms with E-state index < -0.39 is 10.0 Å². The SMILES string of the molecule is CC(=O)N1CCSc2ccc(S(=O)(=O)NCCN(C)C)cc21. The van der Waals surface area contributed by atoms with Crippen LogP contribution in [0.5, 0.6) is 0 Å². The van der Waals surface area contributed by atoms with Crippen molar-refractivity contribution >= 4 is 33.4 Å². The van der Waals surface area contributed by atoms with Gasteiger partial charge in [0.05, 0.1) is 10.6 Å². The Balaban J connectivity index is 2.26. The zero-order valence-electron chi connectivity index (χ0n) is 13.0. The summed E-state index contributed by atoms with van der Waals surface area (Å²) < 4.78 is 27.3. The van der Waals surface area contributed by atoms with Crippen molar-refractivity contribution in [1.29, 1.82) is 0 Å². The van der Waals surface area contributed by atoms with Gasteiger partial charge in [-0.1, -0.05) is 0 Å². The molecule has 0 saturated carbocycles. The fourth-order valence-corrected chi connectivity index (χ4v) is 4.19. The van der Waals surface area contributed by atoms with Gasteiger partial charge in [-0.15, -0.1) is 11.8 Å². The number of anilines is 1. The molecule has 0 fully saturated rings. The first-order valence-corrected chi connectivity index (χ1v) is 9.47. The highest BCUT2D eigenvalue weighted by Gasteiger charge is 2.23. The van der Waals surface area contributed by atoms with Gasteiger partial charge in [-0.25, -0.2) is 13.1 Å². The average Bonchev–Trinajstić information content (AvgIpc) is 2.45. The minimum absolute atomic E-state index is 0.0725. The molecule has 0 unspecified atom stereocenters. The van der Waals surface area contributed by atoms with E-state index in [0.29, 0.717) is 25.3 Å². The number of hydrogen-bond acceptors (Lipinski definition) is 5. The summed E-state index contributed by atoms with van der Waals surface area (Å²) in [6.07, 6.45) is 0. The number of carbonyl (C=O) groups excluding carboxylic acids is 1. The van der Waals surface area contributed by atoms with Gasteiger partial charge < -0.3 is 9.80 Å². The molecule has 8 heteroatoms. The lowest BCUT2D eigenvalue weighted by atomic mass is 10.2. The Labute approximate surface area is 135 Å². The van der Waals surface area contributed by atoms with Crippen LogP contribution in [0.25, 0.3) is 0 Å². The van der Waals surface area contributed by atoms with Crippen LogP contribution in [0.15, 0.2) is 28.0 Å². The van der Waals surface area contributed by atoms with Crippen LogP contribution in [0, 0.1) is 0 Å². The molecule has 0 spiro atoms. The number of fused-ring (bicyclic) bond motifs is 1. The van der Waals surface area contributed by atoms with Gasteiger partial charge in [0.25, 0.3) is 0 Å². The summed E-state index contributed by atoms with van der Waals surface area (Å²) in [4.78, 5) is 16.4. The van der Waals surface area contributed by atoms with Crippen LogP contribution in [0.2, 0.25) is 0 Å². The molecule has 6 nitrogen and oxygen atoms in total. The zero-order chi connectivity index (χ0) is 16.3. The number of sulfonamides is 1. The second-order valence-electron chi connectivity index (χ2n) is 5.35. The first-order chi connectivity index (χ1) is 10.3. The van der Waals surface area contributed by atoms with Crippen molar-refractivity contribution in [1.82, 2.24) is 9.62 Å².